The molecule has 61 heavy (non-hydrogen) atoms. The SMILES string of the molecule is CC(=O)N[C@@H](Cc1ccccc1)C(=O)N[C@H](C(=O)N[C@@H](CC(C)C)C(=O)N[C@@H](CC(=O)O)C(=O)N[C@@H](C)C(=O)N[C@@H](CC(=O)O)C(=O)N[C@@H](Cc1cnc[nH]1)C(=O)O)[C@@H](C)O. The number of aromatic nitrogens is 2. The van der Waals surface area contributed by atoms with Crippen LogP contribution in [0.25, 0.3) is 0 Å². The van der Waals surface area contributed by atoms with E-state index >= 15 is 0 Å². The van der Waals surface area contributed by atoms with E-state index in [4.69, 9.17) is 0 Å². The summed E-state index contributed by atoms with van der Waals surface area (Å²) in [6.45, 7) is 6.86. The van der Waals surface area contributed by atoms with Crippen LogP contribution in [-0.4, -0.2) is 138 Å². The third-order valence-electron chi connectivity index (χ3n) is 8.75. The quantitative estimate of drug-likeness (QED) is 0.0476. The van der Waals surface area contributed by atoms with Crippen molar-refractivity contribution < 1.29 is 68.4 Å². The number of carbonyl (C=O) groups excluding carboxylic acids is 7. The summed E-state index contributed by atoms with van der Waals surface area (Å²) in [6, 6.07) is -2.50. The minimum atomic E-state index is -1.87. The number of nitrogens with zero attached hydrogens (tertiary/aromatic N) is 1. The summed E-state index contributed by atoms with van der Waals surface area (Å²) in [5.74, 6) is -11.9. The van der Waals surface area contributed by atoms with Crippen LogP contribution in [0.15, 0.2) is 42.9 Å². The van der Waals surface area contributed by atoms with E-state index in [-0.39, 0.29) is 25.2 Å². The first kappa shape index (κ1) is 50.2. The molecule has 0 spiro atoms. The number of aliphatic carboxylic acids is 3. The minimum absolute atomic E-state index is 0.0326. The van der Waals surface area contributed by atoms with Gasteiger partial charge in [-0.3, -0.25) is 43.2 Å². The number of aliphatic hydroxyl groups excluding tert-OH is 1. The maximum absolute atomic E-state index is 13.6. The number of carbonyl (C=O) groups is 10. The highest BCUT2D eigenvalue weighted by atomic mass is 16.4. The average Bonchev–Trinajstić information content (AvgIpc) is 3.68. The maximum atomic E-state index is 13.6. The summed E-state index contributed by atoms with van der Waals surface area (Å²) in [6.07, 6.45) is -1.30. The van der Waals surface area contributed by atoms with Gasteiger partial charge in [0.05, 0.1) is 25.3 Å². The molecule has 0 aliphatic rings. The molecule has 0 unspecified atom stereocenters. The Morgan fingerprint density at radius 2 is 1.11 bits per heavy atom. The number of imidazole rings is 1. The van der Waals surface area contributed by atoms with Crippen LogP contribution in [0.2, 0.25) is 0 Å². The number of aliphatic hydroxyl groups is 1. The zero-order chi connectivity index (χ0) is 46.0. The van der Waals surface area contributed by atoms with Crippen LogP contribution in [0.3, 0.4) is 0 Å². The number of hydrogen-bond acceptors (Lipinski definition) is 12. The molecule has 2 rings (SSSR count). The van der Waals surface area contributed by atoms with Gasteiger partial charge in [0.2, 0.25) is 41.4 Å². The summed E-state index contributed by atoms with van der Waals surface area (Å²) >= 11 is 0. The van der Waals surface area contributed by atoms with Crippen molar-refractivity contribution in [3.63, 3.8) is 0 Å². The first-order chi connectivity index (χ1) is 28.6. The highest BCUT2D eigenvalue weighted by Gasteiger charge is 2.35. The minimum Gasteiger partial charge on any atom is -0.481 e. The van der Waals surface area contributed by atoms with Crippen LogP contribution in [0, 0.1) is 5.92 Å². The molecular weight excluding hydrogens is 806 g/mol. The van der Waals surface area contributed by atoms with Crippen molar-refractivity contribution in [2.75, 3.05) is 0 Å². The number of aromatic amines is 1. The lowest BCUT2D eigenvalue weighted by Crippen LogP contribution is -2.61. The Bertz CT molecular complexity index is 1870. The summed E-state index contributed by atoms with van der Waals surface area (Å²) in [5.41, 5.74) is 1.00. The van der Waals surface area contributed by atoms with E-state index in [1.807, 2.05) is 0 Å². The van der Waals surface area contributed by atoms with Crippen LogP contribution in [0.5, 0.6) is 0 Å². The van der Waals surface area contributed by atoms with Crippen molar-refractivity contribution in [2.24, 2.45) is 5.92 Å². The fraction of sp³-hybridized carbons (Fsp3) is 0.500. The van der Waals surface area contributed by atoms with Crippen LogP contribution < -0.4 is 37.2 Å². The summed E-state index contributed by atoms with van der Waals surface area (Å²) in [5, 5.41) is 55.0. The van der Waals surface area contributed by atoms with Crippen molar-refractivity contribution in [1.82, 2.24) is 47.2 Å². The Hall–Kier alpha value is -6.91. The zero-order valence-electron chi connectivity index (χ0n) is 34.1. The lowest BCUT2D eigenvalue weighted by atomic mass is 10.0. The Kier molecular flexibility index (Phi) is 20.0. The smallest absolute Gasteiger partial charge is 0.326 e. The topological polar surface area (TPSA) is 365 Å². The molecule has 8 atom stereocenters. The number of amides is 7. The molecule has 0 saturated carbocycles. The molecule has 1 aromatic heterocycles. The molecule has 0 saturated heterocycles. The molecule has 0 fully saturated rings. The van der Waals surface area contributed by atoms with Gasteiger partial charge in [-0.2, -0.15) is 0 Å². The molecule has 0 bridgehead atoms. The molecule has 0 aliphatic heterocycles. The molecule has 0 aliphatic carbocycles. The lowest BCUT2D eigenvalue weighted by molar-refractivity contribution is -0.143. The molecule has 7 amide bonds. The van der Waals surface area contributed by atoms with E-state index in [1.54, 1.807) is 44.2 Å². The average molecular weight is 860 g/mol. The van der Waals surface area contributed by atoms with Crippen molar-refractivity contribution in [3.8, 4) is 0 Å². The molecule has 2 aromatic rings. The van der Waals surface area contributed by atoms with Gasteiger partial charge >= 0.3 is 17.9 Å². The van der Waals surface area contributed by atoms with E-state index in [2.05, 4.69) is 47.2 Å². The summed E-state index contributed by atoms with van der Waals surface area (Å²) in [4.78, 5) is 133. The predicted octanol–water partition coefficient (Wildman–Crippen LogP) is -2.91. The molecule has 1 heterocycles. The van der Waals surface area contributed by atoms with E-state index in [0.717, 1.165) is 6.92 Å². The fourth-order valence-corrected chi connectivity index (χ4v) is 5.73. The van der Waals surface area contributed by atoms with Crippen molar-refractivity contribution in [3.05, 3.63) is 54.1 Å². The molecule has 334 valence electrons. The monoisotopic (exact) mass is 859 g/mol. The van der Waals surface area contributed by atoms with Crippen LogP contribution in [0.1, 0.15) is 65.1 Å². The number of nitrogens with one attached hydrogen (secondary N) is 8. The van der Waals surface area contributed by atoms with Gasteiger partial charge in [-0.1, -0.05) is 44.2 Å². The third-order valence-corrected chi connectivity index (χ3v) is 8.75. The third kappa shape index (κ3) is 17.9. The second-order valence-corrected chi connectivity index (χ2v) is 14.6. The standard InChI is InChI=1S/C38H53N9O14/c1-18(2)11-24(45-37(59)31(20(4)48)47-36(58)25(42-21(5)49)12-22-9-7-6-8-10-22)34(56)44-26(14-29(50)51)33(55)41-19(3)32(54)43-27(15-30(52)53)35(57)46-28(38(60)61)13-23-16-39-17-40-23/h6-10,16-20,24-28,31,48H,11-15H2,1-5H3,(H,39,40)(H,41,55)(H,42,49)(H,43,54)(H,44,56)(H,45,59)(H,46,57)(H,47,58)(H,50,51)(H,52,53)(H,60,61)/t19-,20+,24-,25-,26-,27-,28-,31-/m0/s1. The van der Waals surface area contributed by atoms with Gasteiger partial charge in [-0.25, -0.2) is 9.78 Å². The van der Waals surface area contributed by atoms with E-state index < -0.39 is 120 Å². The van der Waals surface area contributed by atoms with Gasteiger partial charge in [0.1, 0.15) is 42.3 Å². The molecule has 1 aromatic carbocycles. The van der Waals surface area contributed by atoms with Crippen LogP contribution >= 0.6 is 0 Å². The first-order valence-corrected chi connectivity index (χ1v) is 19.0. The van der Waals surface area contributed by atoms with Gasteiger partial charge in [-0.05, 0) is 31.7 Å². The van der Waals surface area contributed by atoms with Gasteiger partial charge in [0.15, 0.2) is 0 Å². The fourth-order valence-electron chi connectivity index (χ4n) is 5.73. The number of carboxylic acids is 3. The number of benzene rings is 1. The van der Waals surface area contributed by atoms with Crippen LogP contribution in [-0.2, 0) is 60.8 Å². The van der Waals surface area contributed by atoms with Gasteiger partial charge in [-0.15, -0.1) is 0 Å². The number of H-pyrrole nitrogens is 1. The molecule has 12 N–H and O–H groups in total. The van der Waals surface area contributed by atoms with Crippen LogP contribution in [0.4, 0.5) is 0 Å². The van der Waals surface area contributed by atoms with Gasteiger partial charge < -0.3 is 62.6 Å². The maximum Gasteiger partial charge on any atom is 0.326 e. The zero-order valence-corrected chi connectivity index (χ0v) is 34.1. The Labute approximate surface area is 349 Å². The lowest BCUT2D eigenvalue weighted by Gasteiger charge is -2.28. The number of hydrogen-bond donors (Lipinski definition) is 12. The number of carboxylic acid groups (broad SMARTS) is 3. The van der Waals surface area contributed by atoms with Crippen molar-refractivity contribution in [1.29, 1.82) is 0 Å². The van der Waals surface area contributed by atoms with Crippen molar-refractivity contribution in [2.45, 2.75) is 115 Å². The predicted molar refractivity (Wildman–Crippen MR) is 211 cm³/mol. The highest BCUT2D eigenvalue weighted by Crippen LogP contribution is 2.10. The molecular formula is C38H53N9O14. The van der Waals surface area contributed by atoms with Crippen molar-refractivity contribution >= 4 is 59.3 Å². The van der Waals surface area contributed by atoms with E-state index in [9.17, 15) is 68.4 Å². The summed E-state index contributed by atoms with van der Waals surface area (Å²) < 4.78 is 0. The Morgan fingerprint density at radius 3 is 1.61 bits per heavy atom. The van der Waals surface area contributed by atoms with E-state index in [0.29, 0.717) is 11.3 Å². The normalized spacial score (nSPS) is 14.9. The largest absolute Gasteiger partial charge is 0.481 e. The second kappa shape index (κ2) is 24.2. The Morgan fingerprint density at radius 1 is 0.607 bits per heavy atom. The Balaban J connectivity index is 2.21. The van der Waals surface area contributed by atoms with E-state index in [1.165, 1.54) is 26.4 Å². The molecule has 23 nitrogen and oxygen atoms in total. The van der Waals surface area contributed by atoms with Gasteiger partial charge in [0.25, 0.3) is 0 Å². The highest BCUT2D eigenvalue weighted by molar-refractivity contribution is 5.98. The first-order valence-electron chi connectivity index (χ1n) is 19.0. The summed E-state index contributed by atoms with van der Waals surface area (Å²) in [7, 11) is 0. The molecule has 23 heteroatoms. The molecule has 0 radical (unpaired) electrons. The second-order valence-electron chi connectivity index (χ2n) is 14.6. The number of rotatable bonds is 25. The van der Waals surface area contributed by atoms with Gasteiger partial charge in [0, 0.05) is 31.7 Å².